The Balaban J connectivity index is 0.000000131. The predicted molar refractivity (Wildman–Crippen MR) is 449 cm³/mol. The molecule has 3 heterocycles. The summed E-state index contributed by atoms with van der Waals surface area (Å²) in [6.07, 6.45) is 16.7. The Bertz CT molecular complexity index is 5850. The van der Waals surface area contributed by atoms with Crippen molar-refractivity contribution < 1.29 is 53.6 Å². The van der Waals surface area contributed by atoms with E-state index in [-0.39, 0.29) is 69.4 Å². The van der Waals surface area contributed by atoms with Crippen LogP contribution in [-0.4, -0.2) is 94.1 Å². The second-order valence-corrected chi connectivity index (χ2v) is 34.7. The maximum Gasteiger partial charge on any atom is 0.306 e. The van der Waals surface area contributed by atoms with E-state index in [0.29, 0.717) is 80.8 Å². The van der Waals surface area contributed by atoms with Gasteiger partial charge in [0.05, 0.1) is 107 Å². The van der Waals surface area contributed by atoms with E-state index in [1.807, 2.05) is 106 Å². The molecule has 3 N–H and O–H groups in total. The van der Waals surface area contributed by atoms with Crippen molar-refractivity contribution in [3.8, 4) is 44.9 Å². The zero-order valence-corrected chi connectivity index (χ0v) is 67.1. The summed E-state index contributed by atoms with van der Waals surface area (Å²) in [6, 6.07) is 59.1. The Labute approximate surface area is 687 Å². The molecule has 18 rings (SSSR count). The van der Waals surface area contributed by atoms with Gasteiger partial charge >= 0.3 is 17.9 Å². The monoisotopic (exact) mass is 1610 g/mol. The van der Waals surface area contributed by atoms with Crippen LogP contribution in [0.5, 0.6) is 11.5 Å². The van der Waals surface area contributed by atoms with Crippen LogP contribution in [-0.2, 0) is 20.9 Å². The number of ether oxygens (including phenoxy) is 2. The topological polar surface area (TPSA) is 239 Å². The van der Waals surface area contributed by atoms with Crippen molar-refractivity contribution in [2.45, 2.75) is 129 Å². The third-order valence-electron chi connectivity index (χ3n) is 25.8. The summed E-state index contributed by atoms with van der Waals surface area (Å²) < 4.78 is 16.4. The summed E-state index contributed by atoms with van der Waals surface area (Å²) >= 11 is 19.5. The zero-order chi connectivity index (χ0) is 81.1. The smallest absolute Gasteiger partial charge is 0.306 e. The highest BCUT2D eigenvalue weighted by Crippen LogP contribution is 2.64. The van der Waals surface area contributed by atoms with Gasteiger partial charge in [0.2, 0.25) is 0 Å². The van der Waals surface area contributed by atoms with Crippen LogP contribution in [0.1, 0.15) is 170 Å². The maximum atomic E-state index is 13.6. The first-order chi connectivity index (χ1) is 55.9. The van der Waals surface area contributed by atoms with Crippen LogP contribution in [0.2, 0.25) is 15.1 Å². The summed E-state index contributed by atoms with van der Waals surface area (Å²) in [5, 5.41) is 45.5. The SMILES string of the molecule is COc1cccc(-c2ccc(C(C)n3ncc4c(Cl)ccc(C(=O)CC5CC6(C5)CC(C(=O)O)C6)c43)cc2)c1.O=C(CC1CC2(C1)CC(C(=O)O)C2)c1ccc(Cl)c2cnn(Cc3ccc(-c4ccccc4)cc3)c12.[C-]#[N+]c1cc(OC)cc(-c2ccc(C(C)n3ncc4c(Cl)ccc(C(=O)CC5CC6(C5)CC(C(=O)O)C6)c43)cc2)c1. The molecule has 9 aromatic carbocycles. The number of aromatic nitrogens is 6. The third kappa shape index (κ3) is 15.7. The standard InChI is InChI=1S/C33H30ClN3O4.C32H31ClN2O4.C30H27ClN2O3/c1-19(21-4-6-22(7-5-21)23-11-25(35-2)13-26(12-23)41-3)37-31-27(8-9-29(34)28(31)18-36-37)30(38)10-20-14-33(15-20)16-24(17-33)32(39)40;1-19(21-6-8-22(9-7-21)23-4-3-5-25(13-23)39-2)35-30-26(10-11-28(33)27(30)18-34-35)29(36)12-20-14-32(15-20)16-24(17-32)31(37)38;31-26-11-10-24(27(34)12-20-13-30(14-20)15-23(16-30)29(35)36)28-25(26)17-32-33(28)18-19-6-8-22(9-7-19)21-4-2-1-3-5-21/h4-9,11-13,18-20,24H,10,14-17H2,1,3H3,(H,39,40);3-11,13,18-20,24H,12,14-17H2,1-2H3,(H,37,38);1-11,17,20,23H,12-16,18H2,(H,35,36). The van der Waals surface area contributed by atoms with Crippen LogP contribution >= 0.6 is 34.8 Å². The van der Waals surface area contributed by atoms with Crippen LogP contribution in [0.4, 0.5) is 5.69 Å². The average molecular weight is 1610 g/mol. The second-order valence-electron chi connectivity index (χ2n) is 33.5. The molecule has 12 aromatic rings. The summed E-state index contributed by atoms with van der Waals surface area (Å²) in [5.41, 5.74) is 14.7. The molecular weight excluding hydrogens is 1520 g/mol. The van der Waals surface area contributed by atoms with Gasteiger partial charge < -0.3 is 24.8 Å². The summed E-state index contributed by atoms with van der Waals surface area (Å²) in [4.78, 5) is 77.6. The number of benzene rings is 9. The largest absolute Gasteiger partial charge is 0.498 e. The van der Waals surface area contributed by atoms with E-state index >= 15 is 0 Å². The molecule has 3 aromatic heterocycles. The molecular formula is C95H88Cl3N7O11. The Morgan fingerprint density at radius 2 is 0.802 bits per heavy atom. The molecule has 18 nitrogen and oxygen atoms in total. The molecule has 2 atom stereocenters. The molecule has 0 bridgehead atoms. The molecule has 0 amide bonds. The number of carbonyl (C=O) groups excluding carboxylic acids is 3. The van der Waals surface area contributed by atoms with E-state index in [2.05, 4.69) is 93.8 Å². The molecule has 6 aliphatic carbocycles. The van der Waals surface area contributed by atoms with Crippen molar-refractivity contribution in [3.63, 3.8) is 0 Å². The lowest BCUT2D eigenvalue weighted by molar-refractivity contribution is -0.158. The number of rotatable bonds is 23. The number of halogens is 3. The van der Waals surface area contributed by atoms with Gasteiger partial charge in [0.1, 0.15) is 11.5 Å². The normalized spacial score (nSPS) is 22.5. The van der Waals surface area contributed by atoms with Gasteiger partial charge in [0, 0.05) is 52.1 Å². The highest BCUT2D eigenvalue weighted by atomic mass is 35.5. The third-order valence-corrected chi connectivity index (χ3v) is 26.8. The van der Waals surface area contributed by atoms with Crippen LogP contribution < -0.4 is 9.47 Å². The van der Waals surface area contributed by atoms with Crippen molar-refractivity contribution in [2.75, 3.05) is 14.2 Å². The van der Waals surface area contributed by atoms with Crippen molar-refractivity contribution >= 4 is 108 Å². The summed E-state index contributed by atoms with van der Waals surface area (Å²) in [6.45, 7) is 12.0. The molecule has 0 saturated heterocycles. The van der Waals surface area contributed by atoms with E-state index in [1.54, 1.807) is 63.1 Å². The van der Waals surface area contributed by atoms with Gasteiger partial charge in [-0.1, -0.05) is 150 Å². The lowest BCUT2D eigenvalue weighted by Gasteiger charge is -2.56. The molecule has 6 fully saturated rings. The fourth-order valence-electron chi connectivity index (χ4n) is 19.9. The van der Waals surface area contributed by atoms with Gasteiger partial charge in [-0.2, -0.15) is 15.3 Å². The highest BCUT2D eigenvalue weighted by molar-refractivity contribution is 6.37. The number of nitrogens with zero attached hydrogens (tertiary/aromatic N) is 7. The minimum absolute atomic E-state index is 0.0681. The Morgan fingerprint density at radius 3 is 1.22 bits per heavy atom. The first-order valence-electron chi connectivity index (χ1n) is 39.7. The van der Waals surface area contributed by atoms with Crippen LogP contribution in [0, 0.1) is 58.3 Å². The average Bonchev–Trinajstić information content (AvgIpc) is 0.948. The van der Waals surface area contributed by atoms with Crippen molar-refractivity contribution in [1.29, 1.82) is 0 Å². The Morgan fingerprint density at radius 1 is 0.431 bits per heavy atom. The quantitative estimate of drug-likeness (QED) is 0.0399. The van der Waals surface area contributed by atoms with Gasteiger partial charge in [0.25, 0.3) is 0 Å². The molecule has 116 heavy (non-hydrogen) atoms. The van der Waals surface area contributed by atoms with Crippen molar-refractivity contribution in [2.24, 2.45) is 51.8 Å². The molecule has 0 aliphatic heterocycles. The fraction of sp³-hybridized carbons (Fsp3) is 0.326. The molecule has 3 spiro atoms. The van der Waals surface area contributed by atoms with E-state index in [4.69, 9.17) is 50.8 Å². The van der Waals surface area contributed by atoms with Crippen LogP contribution in [0.25, 0.3) is 70.9 Å². The Hall–Kier alpha value is -11.2. The van der Waals surface area contributed by atoms with E-state index in [1.165, 1.54) is 5.56 Å². The first-order valence-corrected chi connectivity index (χ1v) is 40.8. The number of methoxy groups -OCH3 is 2. The van der Waals surface area contributed by atoms with Crippen molar-refractivity contribution in [1.82, 2.24) is 29.3 Å². The van der Waals surface area contributed by atoms with E-state index in [0.717, 1.165) is 160 Å². The van der Waals surface area contributed by atoms with Gasteiger partial charge in [-0.3, -0.25) is 42.8 Å². The van der Waals surface area contributed by atoms with Gasteiger partial charge in [-0.15, -0.1) is 0 Å². The van der Waals surface area contributed by atoms with Gasteiger partial charge in [0.15, 0.2) is 23.0 Å². The lowest BCUT2D eigenvalue weighted by atomic mass is 9.47. The molecule has 0 radical (unpaired) electrons. The number of fused-ring (bicyclic) bond motifs is 3. The molecule has 2 unspecified atom stereocenters. The second kappa shape index (κ2) is 32.1. The molecule has 6 saturated carbocycles. The zero-order valence-electron chi connectivity index (χ0n) is 64.9. The fourth-order valence-corrected chi connectivity index (χ4v) is 20.5. The summed E-state index contributed by atoms with van der Waals surface area (Å²) in [5.74, 6) is -0.101. The van der Waals surface area contributed by atoms with Gasteiger partial charge in [-0.25, -0.2) is 4.85 Å². The highest BCUT2D eigenvalue weighted by Gasteiger charge is 2.57. The van der Waals surface area contributed by atoms with Gasteiger partial charge in [-0.05, 0) is 242 Å². The first kappa shape index (κ1) is 78.6. The number of carbonyl (C=O) groups is 6. The molecule has 21 heteroatoms. The molecule has 590 valence electrons. The minimum atomic E-state index is -0.703. The minimum Gasteiger partial charge on any atom is -0.498 e. The maximum absolute atomic E-state index is 13.6. The van der Waals surface area contributed by atoms with Crippen LogP contribution in [0.3, 0.4) is 0 Å². The van der Waals surface area contributed by atoms with E-state index in [9.17, 15) is 44.1 Å². The number of carboxylic acids is 3. The van der Waals surface area contributed by atoms with Crippen molar-refractivity contribution in [3.05, 3.63) is 260 Å². The number of hydrogen-bond donors (Lipinski definition) is 3. The number of hydrogen-bond acceptors (Lipinski definition) is 11. The number of carboxylic acid groups (broad SMARTS) is 3. The lowest BCUT2D eigenvalue weighted by Crippen LogP contribution is -2.50. The number of aliphatic carboxylic acids is 3. The van der Waals surface area contributed by atoms with E-state index < -0.39 is 17.9 Å². The molecule has 6 aliphatic rings. The number of Topliss-reactive ketones (excluding diaryl/α,β-unsaturated/α-hetero) is 3. The Kier molecular flexibility index (Phi) is 21.8. The van der Waals surface area contributed by atoms with Crippen LogP contribution in [0.15, 0.2) is 201 Å². The predicted octanol–water partition coefficient (Wildman–Crippen LogP) is 22.3. The number of ketones is 3. The summed E-state index contributed by atoms with van der Waals surface area (Å²) in [7, 11) is 3.25.